The van der Waals surface area contributed by atoms with Crippen LogP contribution in [-0.4, -0.2) is 34.7 Å². The van der Waals surface area contributed by atoms with E-state index < -0.39 is 37.9 Å². The molecule has 0 heterocycles. The third-order valence-electron chi connectivity index (χ3n) is 3.68. The number of benzene rings is 2. The molecule has 0 aromatic heterocycles. The van der Waals surface area contributed by atoms with Crippen LogP contribution in [0.1, 0.15) is 19.4 Å². The monoisotopic (exact) mass is 451 g/mol. The molecule has 9 nitrogen and oxygen atoms in total. The number of hydrogen-bond donors (Lipinski definition) is 3. The average molecular weight is 452 g/mol. The van der Waals surface area contributed by atoms with Crippen LogP contribution in [-0.2, 0) is 29.6 Å². The summed E-state index contributed by atoms with van der Waals surface area (Å²) in [5, 5.41) is 3.45. The van der Waals surface area contributed by atoms with Crippen LogP contribution in [0.2, 0.25) is 0 Å². The lowest BCUT2D eigenvalue weighted by molar-refractivity contribution is -0.118. The van der Waals surface area contributed by atoms with E-state index in [1.54, 1.807) is 30.3 Å². The second kappa shape index (κ2) is 9.65. The average Bonchev–Trinajstić information content (AvgIpc) is 2.66. The van der Waals surface area contributed by atoms with Crippen molar-refractivity contribution in [2.75, 3.05) is 5.32 Å². The van der Waals surface area contributed by atoms with Crippen LogP contribution in [0.4, 0.5) is 5.69 Å². The first-order valence-corrected chi connectivity index (χ1v) is 11.7. The van der Waals surface area contributed by atoms with Gasteiger partial charge in [-0.2, -0.15) is 4.72 Å². The third-order valence-corrected chi connectivity index (χ3v) is 6.31. The predicted octanol–water partition coefficient (Wildman–Crippen LogP) is 1.43. The van der Waals surface area contributed by atoms with Gasteiger partial charge in [0.25, 0.3) is 10.0 Å². The maximum atomic E-state index is 12.3. The molecule has 160 valence electrons. The van der Waals surface area contributed by atoms with E-state index in [-0.39, 0.29) is 10.6 Å². The standard InChI is InChI=1S/C19H21N3O6S2/c1-14(21-29(25,26)13-12-16-6-4-3-5-7-16)19(24)20-17-8-10-18(11-9-17)30(27,28)22-15(2)23/h3-14,21H,1-2H3,(H,20,24)(H,22,23). The van der Waals surface area contributed by atoms with Crippen LogP contribution in [0, 0.1) is 0 Å². The fourth-order valence-electron chi connectivity index (χ4n) is 2.29. The van der Waals surface area contributed by atoms with E-state index in [1.165, 1.54) is 37.3 Å². The Morgan fingerprint density at radius 1 is 0.933 bits per heavy atom. The maximum Gasteiger partial charge on any atom is 0.264 e. The molecule has 2 amide bonds. The molecule has 0 spiro atoms. The first kappa shape index (κ1) is 23.3. The van der Waals surface area contributed by atoms with Crippen molar-refractivity contribution in [3.05, 3.63) is 65.6 Å². The first-order valence-electron chi connectivity index (χ1n) is 8.68. The van der Waals surface area contributed by atoms with Gasteiger partial charge in [-0.1, -0.05) is 30.3 Å². The minimum Gasteiger partial charge on any atom is -0.325 e. The predicted molar refractivity (Wildman–Crippen MR) is 113 cm³/mol. The van der Waals surface area contributed by atoms with Gasteiger partial charge in [-0.15, -0.1) is 0 Å². The summed E-state index contributed by atoms with van der Waals surface area (Å²) in [6.45, 7) is 2.45. The van der Waals surface area contributed by atoms with E-state index in [9.17, 15) is 26.4 Å². The Kier molecular flexibility index (Phi) is 7.48. The summed E-state index contributed by atoms with van der Waals surface area (Å²) in [6.07, 6.45) is 1.40. The molecule has 11 heteroatoms. The fraction of sp³-hybridized carbons (Fsp3) is 0.158. The highest BCUT2D eigenvalue weighted by Crippen LogP contribution is 2.14. The summed E-state index contributed by atoms with van der Waals surface area (Å²) in [5.74, 6) is -1.36. The van der Waals surface area contributed by atoms with Gasteiger partial charge >= 0.3 is 0 Å². The zero-order valence-corrected chi connectivity index (χ0v) is 17.8. The molecule has 0 fully saturated rings. The number of sulfonamides is 2. The Labute approximate surface area is 175 Å². The van der Waals surface area contributed by atoms with E-state index >= 15 is 0 Å². The molecule has 0 saturated carbocycles. The number of carbonyl (C=O) groups excluding carboxylic acids is 2. The molecule has 3 N–H and O–H groups in total. The SMILES string of the molecule is CC(=O)NS(=O)(=O)c1ccc(NC(=O)C(C)NS(=O)(=O)C=Cc2ccccc2)cc1. The maximum absolute atomic E-state index is 12.3. The Balaban J connectivity index is 2.00. The van der Waals surface area contributed by atoms with Gasteiger partial charge in [-0.25, -0.2) is 21.6 Å². The Hall–Kier alpha value is -3.02. The van der Waals surface area contributed by atoms with Crippen LogP contribution in [0.3, 0.4) is 0 Å². The van der Waals surface area contributed by atoms with Crippen molar-refractivity contribution in [1.82, 2.24) is 9.44 Å². The molecule has 0 saturated heterocycles. The van der Waals surface area contributed by atoms with E-state index in [0.717, 1.165) is 12.3 Å². The molecule has 0 bridgehead atoms. The second-order valence-electron chi connectivity index (χ2n) is 6.27. The van der Waals surface area contributed by atoms with E-state index in [4.69, 9.17) is 0 Å². The highest BCUT2D eigenvalue weighted by atomic mass is 32.2. The normalized spacial score (nSPS) is 13.0. The molecule has 0 aliphatic heterocycles. The number of nitrogens with one attached hydrogen (secondary N) is 3. The number of amides is 2. The zero-order valence-electron chi connectivity index (χ0n) is 16.2. The molecular formula is C19H21N3O6S2. The van der Waals surface area contributed by atoms with Gasteiger partial charge in [0.2, 0.25) is 21.8 Å². The molecular weight excluding hydrogens is 430 g/mol. The van der Waals surface area contributed by atoms with Gasteiger partial charge in [-0.3, -0.25) is 9.59 Å². The van der Waals surface area contributed by atoms with E-state index in [0.29, 0.717) is 5.56 Å². The van der Waals surface area contributed by atoms with Gasteiger partial charge in [0, 0.05) is 18.0 Å². The van der Waals surface area contributed by atoms with E-state index in [1.807, 2.05) is 4.72 Å². The van der Waals surface area contributed by atoms with Gasteiger partial charge < -0.3 is 5.32 Å². The van der Waals surface area contributed by atoms with Crippen molar-refractivity contribution in [3.8, 4) is 0 Å². The molecule has 0 aliphatic rings. The van der Waals surface area contributed by atoms with E-state index in [2.05, 4.69) is 10.0 Å². The largest absolute Gasteiger partial charge is 0.325 e. The first-order chi connectivity index (χ1) is 14.0. The number of anilines is 1. The molecule has 30 heavy (non-hydrogen) atoms. The second-order valence-corrected chi connectivity index (χ2v) is 9.55. The lowest BCUT2D eigenvalue weighted by atomic mass is 10.2. The fourth-order valence-corrected chi connectivity index (χ4v) is 4.29. The molecule has 2 rings (SSSR count). The van der Waals surface area contributed by atoms with Gasteiger partial charge in [0.15, 0.2) is 0 Å². The minimum absolute atomic E-state index is 0.157. The van der Waals surface area contributed by atoms with Gasteiger partial charge in [0.1, 0.15) is 0 Å². The van der Waals surface area contributed by atoms with Crippen LogP contribution in [0.15, 0.2) is 64.9 Å². The van der Waals surface area contributed by atoms with Gasteiger partial charge in [0.05, 0.1) is 10.9 Å². The van der Waals surface area contributed by atoms with Crippen molar-refractivity contribution < 1.29 is 26.4 Å². The van der Waals surface area contributed by atoms with Crippen molar-refractivity contribution in [2.45, 2.75) is 24.8 Å². The molecule has 0 aliphatic carbocycles. The summed E-state index contributed by atoms with van der Waals surface area (Å²) >= 11 is 0. The smallest absolute Gasteiger partial charge is 0.264 e. The summed E-state index contributed by atoms with van der Waals surface area (Å²) in [4.78, 5) is 23.1. The van der Waals surface area contributed by atoms with Crippen molar-refractivity contribution >= 4 is 43.6 Å². The zero-order chi connectivity index (χ0) is 22.4. The summed E-state index contributed by atoms with van der Waals surface area (Å²) in [7, 11) is -7.85. The third kappa shape index (κ3) is 7.10. The molecule has 1 atom stereocenters. The Bertz CT molecular complexity index is 1140. The Morgan fingerprint density at radius 2 is 1.53 bits per heavy atom. The van der Waals surface area contributed by atoms with Gasteiger partial charge in [-0.05, 0) is 42.8 Å². The molecule has 2 aromatic carbocycles. The summed E-state index contributed by atoms with van der Waals surface area (Å²) in [5.41, 5.74) is 0.946. The number of carbonyl (C=O) groups is 2. The number of hydrogen-bond acceptors (Lipinski definition) is 6. The summed E-state index contributed by atoms with van der Waals surface area (Å²) in [6, 6.07) is 12.8. The van der Waals surface area contributed by atoms with Crippen LogP contribution >= 0.6 is 0 Å². The van der Waals surface area contributed by atoms with Crippen molar-refractivity contribution in [3.63, 3.8) is 0 Å². The lowest BCUT2D eigenvalue weighted by Gasteiger charge is -2.13. The molecule has 1 unspecified atom stereocenters. The molecule has 2 aromatic rings. The highest BCUT2D eigenvalue weighted by Gasteiger charge is 2.19. The Morgan fingerprint density at radius 3 is 2.10 bits per heavy atom. The minimum atomic E-state index is -3.99. The van der Waals surface area contributed by atoms with Crippen LogP contribution < -0.4 is 14.8 Å². The molecule has 0 radical (unpaired) electrons. The quantitative estimate of drug-likeness (QED) is 0.555. The van der Waals surface area contributed by atoms with Crippen molar-refractivity contribution in [1.29, 1.82) is 0 Å². The topological polar surface area (TPSA) is 139 Å². The highest BCUT2D eigenvalue weighted by molar-refractivity contribution is 7.92. The number of rotatable bonds is 8. The van der Waals surface area contributed by atoms with Crippen LogP contribution in [0.25, 0.3) is 6.08 Å². The summed E-state index contributed by atoms with van der Waals surface area (Å²) < 4.78 is 52.1. The van der Waals surface area contributed by atoms with Crippen molar-refractivity contribution in [2.24, 2.45) is 0 Å². The van der Waals surface area contributed by atoms with Crippen LogP contribution in [0.5, 0.6) is 0 Å². The lowest BCUT2D eigenvalue weighted by Crippen LogP contribution is -2.40.